The Morgan fingerprint density at radius 3 is 2.43 bits per heavy atom. The minimum Gasteiger partial charge on any atom is -0.484 e. The molecule has 2 rings (SSSR count). The SMILES string of the molecule is C=C(C)CN1CCC(NC(=O)NC(C)c2ccc(OCC(F)(F)F)cc2)CC1. The lowest BCUT2D eigenvalue weighted by atomic mass is 10.0. The number of carbonyl (C=O) groups is 1. The summed E-state index contributed by atoms with van der Waals surface area (Å²) < 4.78 is 41.2. The van der Waals surface area contributed by atoms with E-state index in [9.17, 15) is 18.0 Å². The third kappa shape index (κ3) is 7.80. The monoisotopic (exact) mass is 399 g/mol. The Hall–Kier alpha value is -2.22. The molecule has 8 heteroatoms. The molecule has 0 aliphatic carbocycles. The van der Waals surface area contributed by atoms with Gasteiger partial charge in [0, 0.05) is 25.7 Å². The van der Waals surface area contributed by atoms with Gasteiger partial charge < -0.3 is 15.4 Å². The Bertz CT molecular complexity index is 654. The van der Waals surface area contributed by atoms with Crippen LogP contribution in [0.5, 0.6) is 5.75 Å². The van der Waals surface area contributed by atoms with Crippen LogP contribution in [0.2, 0.25) is 0 Å². The van der Waals surface area contributed by atoms with Gasteiger partial charge in [0.25, 0.3) is 0 Å². The molecule has 2 N–H and O–H groups in total. The Kier molecular flexibility index (Phi) is 7.74. The van der Waals surface area contributed by atoms with E-state index in [-0.39, 0.29) is 23.9 Å². The molecule has 0 aromatic heterocycles. The summed E-state index contributed by atoms with van der Waals surface area (Å²) in [6.07, 6.45) is -2.59. The first-order valence-corrected chi connectivity index (χ1v) is 9.35. The lowest BCUT2D eigenvalue weighted by Gasteiger charge is -2.32. The maximum absolute atomic E-state index is 12.2. The number of rotatable bonds is 7. The van der Waals surface area contributed by atoms with Gasteiger partial charge in [0.05, 0.1) is 6.04 Å². The van der Waals surface area contributed by atoms with E-state index in [1.165, 1.54) is 12.1 Å². The number of benzene rings is 1. The summed E-state index contributed by atoms with van der Waals surface area (Å²) in [5.74, 6) is 0.138. The highest BCUT2D eigenvalue weighted by Gasteiger charge is 2.28. The zero-order chi connectivity index (χ0) is 20.7. The summed E-state index contributed by atoms with van der Waals surface area (Å²) in [6.45, 7) is 9.16. The fourth-order valence-electron chi connectivity index (χ4n) is 3.14. The predicted octanol–water partition coefficient (Wildman–Crippen LogP) is 4.03. The summed E-state index contributed by atoms with van der Waals surface area (Å²) in [7, 11) is 0. The van der Waals surface area contributed by atoms with Crippen molar-refractivity contribution in [1.29, 1.82) is 0 Å². The first-order valence-electron chi connectivity index (χ1n) is 9.35. The maximum atomic E-state index is 12.2. The van der Waals surface area contributed by atoms with Crippen molar-refractivity contribution in [3.05, 3.63) is 42.0 Å². The van der Waals surface area contributed by atoms with Gasteiger partial charge in [-0.1, -0.05) is 24.3 Å². The summed E-state index contributed by atoms with van der Waals surface area (Å²) >= 11 is 0. The van der Waals surface area contributed by atoms with Crippen LogP contribution in [0.4, 0.5) is 18.0 Å². The van der Waals surface area contributed by atoms with Crippen molar-refractivity contribution in [2.75, 3.05) is 26.2 Å². The quantitative estimate of drug-likeness (QED) is 0.681. The molecule has 156 valence electrons. The van der Waals surface area contributed by atoms with Crippen LogP contribution >= 0.6 is 0 Å². The number of urea groups is 1. The minimum atomic E-state index is -4.37. The van der Waals surface area contributed by atoms with Gasteiger partial charge in [-0.15, -0.1) is 0 Å². The smallest absolute Gasteiger partial charge is 0.422 e. The molecule has 0 spiro atoms. The van der Waals surface area contributed by atoms with E-state index < -0.39 is 12.8 Å². The highest BCUT2D eigenvalue weighted by Crippen LogP contribution is 2.21. The molecule has 1 saturated heterocycles. The second kappa shape index (κ2) is 9.82. The summed E-state index contributed by atoms with van der Waals surface area (Å²) in [5, 5.41) is 5.86. The molecule has 1 aliphatic rings. The minimum absolute atomic E-state index is 0.131. The molecular formula is C20H28F3N3O2. The predicted molar refractivity (Wildman–Crippen MR) is 102 cm³/mol. The van der Waals surface area contributed by atoms with Gasteiger partial charge >= 0.3 is 12.2 Å². The number of hydrogen-bond donors (Lipinski definition) is 2. The van der Waals surface area contributed by atoms with Gasteiger partial charge in [-0.25, -0.2) is 4.79 Å². The molecule has 28 heavy (non-hydrogen) atoms. The van der Waals surface area contributed by atoms with Gasteiger partial charge in [-0.2, -0.15) is 13.2 Å². The molecule has 1 aromatic carbocycles. The topological polar surface area (TPSA) is 53.6 Å². The van der Waals surface area contributed by atoms with E-state index in [1.807, 2.05) is 13.8 Å². The fourth-order valence-corrected chi connectivity index (χ4v) is 3.14. The van der Waals surface area contributed by atoms with Gasteiger partial charge in [0.2, 0.25) is 0 Å². The van der Waals surface area contributed by atoms with Gasteiger partial charge in [-0.3, -0.25) is 4.90 Å². The second-order valence-corrected chi connectivity index (χ2v) is 7.32. The number of amides is 2. The number of likely N-dealkylation sites (tertiary alicyclic amines) is 1. The molecule has 0 bridgehead atoms. The van der Waals surface area contributed by atoms with Crippen molar-refractivity contribution in [2.24, 2.45) is 0 Å². The average Bonchev–Trinajstić information content (AvgIpc) is 2.61. The van der Waals surface area contributed by atoms with Crippen molar-refractivity contribution in [2.45, 2.75) is 44.9 Å². The van der Waals surface area contributed by atoms with Crippen LogP contribution in [0, 0.1) is 0 Å². The molecule has 1 aliphatic heterocycles. The van der Waals surface area contributed by atoms with Gasteiger partial charge in [-0.05, 0) is 44.4 Å². The summed E-state index contributed by atoms with van der Waals surface area (Å²) in [5.41, 5.74) is 1.92. The first kappa shape index (κ1) is 22.1. The average molecular weight is 399 g/mol. The van der Waals surface area contributed by atoms with Gasteiger partial charge in [0.15, 0.2) is 6.61 Å². The summed E-state index contributed by atoms with van der Waals surface area (Å²) in [6, 6.07) is 5.83. The fraction of sp³-hybridized carbons (Fsp3) is 0.550. The molecule has 2 amide bonds. The Labute approximate surface area is 163 Å². The number of nitrogens with zero attached hydrogens (tertiary/aromatic N) is 1. The largest absolute Gasteiger partial charge is 0.484 e. The number of ether oxygens (including phenoxy) is 1. The highest BCUT2D eigenvalue weighted by atomic mass is 19.4. The van der Waals surface area contributed by atoms with Crippen molar-refractivity contribution in [3.63, 3.8) is 0 Å². The number of alkyl halides is 3. The number of nitrogens with one attached hydrogen (secondary N) is 2. The van der Waals surface area contributed by atoms with Crippen LogP contribution in [0.3, 0.4) is 0 Å². The lowest BCUT2D eigenvalue weighted by Crippen LogP contribution is -2.48. The number of piperidine rings is 1. The highest BCUT2D eigenvalue weighted by molar-refractivity contribution is 5.74. The van der Waals surface area contributed by atoms with E-state index >= 15 is 0 Å². The molecule has 5 nitrogen and oxygen atoms in total. The number of halogens is 3. The van der Waals surface area contributed by atoms with Crippen LogP contribution in [0.1, 0.15) is 38.3 Å². The third-order valence-electron chi connectivity index (χ3n) is 4.55. The number of carbonyl (C=O) groups excluding carboxylic acids is 1. The van der Waals surface area contributed by atoms with E-state index in [0.29, 0.717) is 0 Å². The first-order chi connectivity index (χ1) is 13.1. The molecule has 0 radical (unpaired) electrons. The van der Waals surface area contributed by atoms with Crippen LogP contribution in [-0.4, -0.2) is 49.4 Å². The van der Waals surface area contributed by atoms with Crippen LogP contribution in [-0.2, 0) is 0 Å². The van der Waals surface area contributed by atoms with Crippen LogP contribution in [0.25, 0.3) is 0 Å². The van der Waals surface area contributed by atoms with Crippen molar-refractivity contribution >= 4 is 6.03 Å². The molecule has 1 atom stereocenters. The Morgan fingerprint density at radius 1 is 1.29 bits per heavy atom. The standard InChI is InChI=1S/C20H28F3N3O2/c1-14(2)12-26-10-8-17(9-11-26)25-19(27)24-15(3)16-4-6-18(7-5-16)28-13-20(21,22)23/h4-7,15,17H,1,8-13H2,2-3H3,(H2,24,25,27). The summed E-state index contributed by atoms with van der Waals surface area (Å²) in [4.78, 5) is 14.6. The molecule has 0 saturated carbocycles. The maximum Gasteiger partial charge on any atom is 0.422 e. The zero-order valence-electron chi connectivity index (χ0n) is 16.3. The van der Waals surface area contributed by atoms with E-state index in [2.05, 4.69) is 26.8 Å². The van der Waals surface area contributed by atoms with Gasteiger partial charge in [0.1, 0.15) is 5.75 Å². The van der Waals surface area contributed by atoms with E-state index in [0.717, 1.165) is 43.6 Å². The third-order valence-corrected chi connectivity index (χ3v) is 4.55. The van der Waals surface area contributed by atoms with Crippen molar-refractivity contribution in [1.82, 2.24) is 15.5 Å². The lowest BCUT2D eigenvalue weighted by molar-refractivity contribution is -0.153. The Morgan fingerprint density at radius 2 is 1.89 bits per heavy atom. The van der Waals surface area contributed by atoms with Crippen molar-refractivity contribution < 1.29 is 22.7 Å². The van der Waals surface area contributed by atoms with E-state index in [4.69, 9.17) is 0 Å². The van der Waals surface area contributed by atoms with E-state index in [1.54, 1.807) is 12.1 Å². The molecular weight excluding hydrogens is 371 g/mol. The van der Waals surface area contributed by atoms with Crippen LogP contribution in [0.15, 0.2) is 36.4 Å². The zero-order valence-corrected chi connectivity index (χ0v) is 16.3. The molecule has 1 unspecified atom stereocenters. The molecule has 1 heterocycles. The molecule has 1 aromatic rings. The van der Waals surface area contributed by atoms with Crippen LogP contribution < -0.4 is 15.4 Å². The second-order valence-electron chi connectivity index (χ2n) is 7.32. The normalized spacial score (nSPS) is 17.0. The van der Waals surface area contributed by atoms with Crippen molar-refractivity contribution in [3.8, 4) is 5.75 Å². The molecule has 1 fully saturated rings. The number of hydrogen-bond acceptors (Lipinski definition) is 3. The Balaban J connectivity index is 1.75.